The summed E-state index contributed by atoms with van der Waals surface area (Å²) < 4.78 is 0. The van der Waals surface area contributed by atoms with E-state index in [0.717, 1.165) is 23.8 Å². The highest BCUT2D eigenvalue weighted by Gasteiger charge is 2.16. The van der Waals surface area contributed by atoms with E-state index in [2.05, 4.69) is 15.6 Å². The SMILES string of the molecule is CNc1ccc(NC(=O)CCCC2CCC2)cn1. The van der Waals surface area contributed by atoms with Gasteiger partial charge in [-0.3, -0.25) is 4.79 Å². The first-order valence-electron chi connectivity index (χ1n) is 6.71. The summed E-state index contributed by atoms with van der Waals surface area (Å²) in [6.07, 6.45) is 8.58. The van der Waals surface area contributed by atoms with Gasteiger partial charge in [0.15, 0.2) is 0 Å². The molecule has 98 valence electrons. The Kier molecular flexibility index (Phi) is 4.56. The molecule has 2 rings (SSSR count). The van der Waals surface area contributed by atoms with Gasteiger partial charge in [0.2, 0.25) is 5.91 Å². The van der Waals surface area contributed by atoms with Gasteiger partial charge in [-0.05, 0) is 30.9 Å². The molecule has 1 aromatic rings. The maximum absolute atomic E-state index is 11.7. The molecule has 0 saturated heterocycles. The lowest BCUT2D eigenvalue weighted by atomic mass is 9.82. The molecule has 1 saturated carbocycles. The minimum Gasteiger partial charge on any atom is -0.373 e. The normalized spacial score (nSPS) is 14.9. The Bertz CT molecular complexity index is 385. The van der Waals surface area contributed by atoms with Crippen LogP contribution in [0.1, 0.15) is 38.5 Å². The van der Waals surface area contributed by atoms with Crippen LogP contribution < -0.4 is 10.6 Å². The van der Waals surface area contributed by atoms with Gasteiger partial charge in [-0.15, -0.1) is 0 Å². The summed E-state index contributed by atoms with van der Waals surface area (Å²) in [6, 6.07) is 3.71. The molecule has 0 radical (unpaired) electrons. The molecule has 2 N–H and O–H groups in total. The predicted octanol–water partition coefficient (Wildman–Crippen LogP) is 3.03. The molecule has 0 atom stereocenters. The zero-order valence-corrected chi connectivity index (χ0v) is 10.9. The van der Waals surface area contributed by atoms with Gasteiger partial charge in [0.25, 0.3) is 0 Å². The van der Waals surface area contributed by atoms with Crippen LogP contribution in [0.15, 0.2) is 18.3 Å². The number of carbonyl (C=O) groups excluding carboxylic acids is 1. The lowest BCUT2D eigenvalue weighted by Crippen LogP contribution is -2.14. The number of rotatable bonds is 6. The van der Waals surface area contributed by atoms with Crippen molar-refractivity contribution in [3.8, 4) is 0 Å². The highest BCUT2D eigenvalue weighted by atomic mass is 16.1. The first-order chi connectivity index (χ1) is 8.78. The summed E-state index contributed by atoms with van der Waals surface area (Å²) in [6.45, 7) is 0. The summed E-state index contributed by atoms with van der Waals surface area (Å²) >= 11 is 0. The number of anilines is 2. The Morgan fingerprint density at radius 3 is 2.83 bits per heavy atom. The van der Waals surface area contributed by atoms with Crippen molar-refractivity contribution in [2.75, 3.05) is 17.7 Å². The van der Waals surface area contributed by atoms with E-state index >= 15 is 0 Å². The van der Waals surface area contributed by atoms with Gasteiger partial charge in [-0.1, -0.05) is 19.3 Å². The molecular formula is C14H21N3O. The Hall–Kier alpha value is -1.58. The second-order valence-corrected chi connectivity index (χ2v) is 4.92. The van der Waals surface area contributed by atoms with Crippen molar-refractivity contribution >= 4 is 17.4 Å². The van der Waals surface area contributed by atoms with Crippen molar-refractivity contribution < 1.29 is 4.79 Å². The zero-order valence-electron chi connectivity index (χ0n) is 10.9. The van der Waals surface area contributed by atoms with Crippen LogP contribution in [-0.2, 0) is 4.79 Å². The van der Waals surface area contributed by atoms with Crippen molar-refractivity contribution in [2.24, 2.45) is 5.92 Å². The zero-order chi connectivity index (χ0) is 12.8. The van der Waals surface area contributed by atoms with Gasteiger partial charge in [0, 0.05) is 13.5 Å². The minimum atomic E-state index is 0.0910. The first kappa shape index (κ1) is 12.9. The van der Waals surface area contributed by atoms with E-state index in [1.807, 2.05) is 19.2 Å². The maximum atomic E-state index is 11.7. The monoisotopic (exact) mass is 247 g/mol. The average Bonchev–Trinajstić information content (AvgIpc) is 2.33. The fourth-order valence-corrected chi connectivity index (χ4v) is 2.17. The van der Waals surface area contributed by atoms with Crippen molar-refractivity contribution in [3.63, 3.8) is 0 Å². The highest BCUT2D eigenvalue weighted by Crippen LogP contribution is 2.30. The molecule has 1 heterocycles. The number of hydrogen-bond donors (Lipinski definition) is 2. The number of amides is 1. The second-order valence-electron chi connectivity index (χ2n) is 4.92. The van der Waals surface area contributed by atoms with Crippen LogP contribution in [0.3, 0.4) is 0 Å². The predicted molar refractivity (Wildman–Crippen MR) is 73.6 cm³/mol. The standard InChI is InChI=1S/C14H21N3O/c1-15-13-9-8-12(10-16-13)17-14(18)7-3-6-11-4-2-5-11/h8-11H,2-7H2,1H3,(H,15,16)(H,17,18). The van der Waals surface area contributed by atoms with E-state index in [-0.39, 0.29) is 5.91 Å². The largest absolute Gasteiger partial charge is 0.373 e. The van der Waals surface area contributed by atoms with E-state index in [1.165, 1.54) is 25.7 Å². The molecule has 0 unspecified atom stereocenters. The molecule has 1 aliphatic rings. The van der Waals surface area contributed by atoms with E-state index in [0.29, 0.717) is 6.42 Å². The van der Waals surface area contributed by atoms with E-state index in [1.54, 1.807) is 6.20 Å². The topological polar surface area (TPSA) is 54.0 Å². The molecule has 0 spiro atoms. The van der Waals surface area contributed by atoms with Crippen LogP contribution in [0.5, 0.6) is 0 Å². The summed E-state index contributed by atoms with van der Waals surface area (Å²) in [4.78, 5) is 15.9. The number of hydrogen-bond acceptors (Lipinski definition) is 3. The molecule has 0 aliphatic heterocycles. The maximum Gasteiger partial charge on any atom is 0.224 e. The Morgan fingerprint density at radius 2 is 2.28 bits per heavy atom. The van der Waals surface area contributed by atoms with E-state index < -0.39 is 0 Å². The van der Waals surface area contributed by atoms with Gasteiger partial charge in [-0.2, -0.15) is 0 Å². The Morgan fingerprint density at radius 1 is 1.44 bits per heavy atom. The first-order valence-corrected chi connectivity index (χ1v) is 6.71. The van der Waals surface area contributed by atoms with Gasteiger partial charge in [0.1, 0.15) is 5.82 Å². The number of nitrogens with zero attached hydrogens (tertiary/aromatic N) is 1. The molecule has 4 heteroatoms. The molecule has 1 amide bonds. The van der Waals surface area contributed by atoms with Crippen molar-refractivity contribution in [2.45, 2.75) is 38.5 Å². The van der Waals surface area contributed by atoms with Gasteiger partial charge < -0.3 is 10.6 Å². The molecule has 1 fully saturated rings. The fraction of sp³-hybridized carbons (Fsp3) is 0.571. The van der Waals surface area contributed by atoms with Crippen molar-refractivity contribution in [1.29, 1.82) is 0 Å². The van der Waals surface area contributed by atoms with Gasteiger partial charge in [0.05, 0.1) is 11.9 Å². The summed E-state index contributed by atoms with van der Waals surface area (Å²) in [5.41, 5.74) is 0.766. The average molecular weight is 247 g/mol. The number of carbonyl (C=O) groups is 1. The van der Waals surface area contributed by atoms with Crippen LogP contribution in [0.4, 0.5) is 11.5 Å². The smallest absolute Gasteiger partial charge is 0.224 e. The quantitative estimate of drug-likeness (QED) is 0.812. The second kappa shape index (κ2) is 6.38. The van der Waals surface area contributed by atoms with Crippen LogP contribution in [0.25, 0.3) is 0 Å². The minimum absolute atomic E-state index is 0.0910. The molecule has 0 bridgehead atoms. The van der Waals surface area contributed by atoms with E-state index in [4.69, 9.17) is 0 Å². The summed E-state index contributed by atoms with van der Waals surface area (Å²) in [7, 11) is 1.82. The molecule has 1 aliphatic carbocycles. The lowest BCUT2D eigenvalue weighted by molar-refractivity contribution is -0.116. The molecular weight excluding hydrogens is 226 g/mol. The third kappa shape index (κ3) is 3.72. The number of nitrogens with one attached hydrogen (secondary N) is 2. The van der Waals surface area contributed by atoms with Crippen LogP contribution in [0, 0.1) is 5.92 Å². The van der Waals surface area contributed by atoms with Crippen molar-refractivity contribution in [1.82, 2.24) is 4.98 Å². The molecule has 18 heavy (non-hydrogen) atoms. The highest BCUT2D eigenvalue weighted by molar-refractivity contribution is 5.90. The van der Waals surface area contributed by atoms with Crippen LogP contribution in [-0.4, -0.2) is 17.9 Å². The third-order valence-electron chi connectivity index (χ3n) is 3.54. The van der Waals surface area contributed by atoms with Crippen molar-refractivity contribution in [3.05, 3.63) is 18.3 Å². The molecule has 4 nitrogen and oxygen atoms in total. The lowest BCUT2D eigenvalue weighted by Gasteiger charge is -2.24. The summed E-state index contributed by atoms with van der Waals surface area (Å²) in [5, 5.41) is 5.82. The summed E-state index contributed by atoms with van der Waals surface area (Å²) in [5.74, 6) is 1.78. The van der Waals surface area contributed by atoms with Gasteiger partial charge in [-0.25, -0.2) is 4.98 Å². The number of aromatic nitrogens is 1. The van der Waals surface area contributed by atoms with Crippen LogP contribution in [0.2, 0.25) is 0 Å². The van der Waals surface area contributed by atoms with Crippen LogP contribution >= 0.6 is 0 Å². The van der Waals surface area contributed by atoms with Gasteiger partial charge >= 0.3 is 0 Å². The third-order valence-corrected chi connectivity index (χ3v) is 3.54. The Labute approximate surface area is 108 Å². The van der Waals surface area contributed by atoms with E-state index in [9.17, 15) is 4.79 Å². The molecule has 0 aromatic carbocycles. The fourth-order valence-electron chi connectivity index (χ4n) is 2.17. The Balaban J connectivity index is 1.68. The number of pyridine rings is 1. The molecule has 1 aromatic heterocycles.